The summed E-state index contributed by atoms with van der Waals surface area (Å²) in [4.78, 5) is 35.1. The van der Waals surface area contributed by atoms with E-state index in [1.807, 2.05) is 0 Å². The summed E-state index contributed by atoms with van der Waals surface area (Å²) >= 11 is 5.95. The number of anilines is 1. The van der Waals surface area contributed by atoms with Crippen molar-refractivity contribution in [3.63, 3.8) is 0 Å². The van der Waals surface area contributed by atoms with E-state index >= 15 is 0 Å². The molecule has 2 rings (SSSR count). The topological polar surface area (TPSA) is 101 Å². The minimum atomic E-state index is -0.895. The van der Waals surface area contributed by atoms with Crippen LogP contribution >= 0.6 is 11.6 Å². The van der Waals surface area contributed by atoms with Gasteiger partial charge in [-0.25, -0.2) is 4.39 Å². The van der Waals surface area contributed by atoms with Crippen molar-refractivity contribution in [2.75, 3.05) is 5.32 Å². The van der Waals surface area contributed by atoms with Gasteiger partial charge in [-0.15, -0.1) is 0 Å². The van der Waals surface area contributed by atoms with E-state index in [1.165, 1.54) is 30.3 Å². The average Bonchev–Trinajstić information content (AvgIpc) is 2.60. The highest BCUT2D eigenvalue weighted by Gasteiger charge is 2.26. The zero-order chi connectivity index (χ0) is 20.1. The van der Waals surface area contributed by atoms with Gasteiger partial charge in [-0.1, -0.05) is 25.4 Å². The van der Waals surface area contributed by atoms with Gasteiger partial charge < -0.3 is 10.6 Å². The molecule has 7 nitrogen and oxygen atoms in total. The van der Waals surface area contributed by atoms with Crippen LogP contribution in [0.5, 0.6) is 0 Å². The highest BCUT2D eigenvalue weighted by molar-refractivity contribution is 6.34. The van der Waals surface area contributed by atoms with E-state index in [2.05, 4.69) is 10.6 Å². The fourth-order valence-corrected chi connectivity index (χ4v) is 2.57. The first-order valence-corrected chi connectivity index (χ1v) is 8.38. The van der Waals surface area contributed by atoms with Crippen LogP contribution in [0.3, 0.4) is 0 Å². The fourth-order valence-electron chi connectivity index (χ4n) is 2.31. The number of hydrogen-bond acceptors (Lipinski definition) is 4. The van der Waals surface area contributed by atoms with Crippen LogP contribution in [0.1, 0.15) is 24.2 Å². The second-order valence-corrected chi connectivity index (χ2v) is 6.52. The predicted octanol–water partition coefficient (Wildman–Crippen LogP) is 3.78. The van der Waals surface area contributed by atoms with Crippen LogP contribution in [0.25, 0.3) is 0 Å². The molecule has 9 heteroatoms. The number of non-ortho nitro benzene ring substituents is 1. The van der Waals surface area contributed by atoms with Gasteiger partial charge in [-0.05, 0) is 36.2 Å². The van der Waals surface area contributed by atoms with E-state index in [1.54, 1.807) is 13.8 Å². The van der Waals surface area contributed by atoms with E-state index in [-0.39, 0.29) is 22.2 Å². The Labute approximate surface area is 159 Å². The Morgan fingerprint density at radius 3 is 2.30 bits per heavy atom. The van der Waals surface area contributed by atoms with Crippen molar-refractivity contribution in [3.8, 4) is 0 Å². The first kappa shape index (κ1) is 20.3. The summed E-state index contributed by atoms with van der Waals surface area (Å²) in [5, 5.41) is 15.8. The van der Waals surface area contributed by atoms with Crippen molar-refractivity contribution >= 4 is 34.8 Å². The highest BCUT2D eigenvalue weighted by atomic mass is 35.5. The largest absolute Gasteiger partial charge is 0.340 e. The quantitative estimate of drug-likeness (QED) is 0.576. The molecule has 0 aliphatic heterocycles. The number of carbonyl (C=O) groups excluding carboxylic acids is 2. The van der Waals surface area contributed by atoms with Crippen LogP contribution in [0, 0.1) is 21.8 Å². The zero-order valence-electron chi connectivity index (χ0n) is 14.5. The van der Waals surface area contributed by atoms with Gasteiger partial charge in [0.05, 0.1) is 15.5 Å². The molecule has 1 unspecified atom stereocenters. The van der Waals surface area contributed by atoms with E-state index in [0.717, 1.165) is 12.1 Å². The van der Waals surface area contributed by atoms with Crippen LogP contribution in [0.15, 0.2) is 42.5 Å². The second-order valence-electron chi connectivity index (χ2n) is 6.11. The molecule has 2 amide bonds. The van der Waals surface area contributed by atoms with Crippen LogP contribution in [0.2, 0.25) is 5.02 Å². The van der Waals surface area contributed by atoms with E-state index in [0.29, 0.717) is 5.69 Å². The molecule has 0 radical (unpaired) electrons. The number of halogens is 2. The molecule has 0 fully saturated rings. The van der Waals surface area contributed by atoms with Gasteiger partial charge in [0, 0.05) is 17.8 Å². The normalized spacial score (nSPS) is 11.7. The van der Waals surface area contributed by atoms with Crippen molar-refractivity contribution in [1.29, 1.82) is 0 Å². The molecule has 0 aliphatic carbocycles. The summed E-state index contributed by atoms with van der Waals surface area (Å²) in [5.74, 6) is -1.81. The smallest absolute Gasteiger partial charge is 0.270 e. The lowest BCUT2D eigenvalue weighted by molar-refractivity contribution is -0.384. The third-order valence-corrected chi connectivity index (χ3v) is 4.07. The third-order valence-electron chi connectivity index (χ3n) is 3.76. The third kappa shape index (κ3) is 5.24. The van der Waals surface area contributed by atoms with Crippen molar-refractivity contribution in [3.05, 3.63) is 69.0 Å². The molecule has 2 aromatic rings. The number of amides is 2. The van der Waals surface area contributed by atoms with E-state index in [4.69, 9.17) is 11.6 Å². The Bertz CT molecular complexity index is 871. The molecular weight excluding hydrogens is 377 g/mol. The molecular formula is C18H17ClFN3O4. The minimum absolute atomic E-state index is 0.0162. The van der Waals surface area contributed by atoms with Crippen molar-refractivity contribution < 1.29 is 18.9 Å². The summed E-state index contributed by atoms with van der Waals surface area (Å²) in [5.41, 5.74) is 0.156. The molecule has 0 spiro atoms. The lowest BCUT2D eigenvalue weighted by atomic mass is 10.0. The number of nitrogens with one attached hydrogen (secondary N) is 2. The second kappa shape index (κ2) is 8.59. The van der Waals surface area contributed by atoms with Gasteiger partial charge >= 0.3 is 0 Å². The molecule has 0 heterocycles. The molecule has 0 saturated heterocycles. The number of nitrogens with zero attached hydrogens (tertiary/aromatic N) is 1. The molecule has 142 valence electrons. The standard InChI is InChI=1S/C18H17ClFN3O4/c1-10(2)16(18(25)21-12-5-3-11(20)4-6-12)22-17(24)14-8-7-13(23(26)27)9-15(14)19/h3-10,16H,1-2H3,(H,21,25)(H,22,24). The van der Waals surface area contributed by atoms with E-state index in [9.17, 15) is 24.1 Å². The molecule has 0 bridgehead atoms. The molecule has 27 heavy (non-hydrogen) atoms. The summed E-state index contributed by atoms with van der Waals surface area (Å²) in [7, 11) is 0. The first-order valence-electron chi connectivity index (χ1n) is 8.00. The summed E-state index contributed by atoms with van der Waals surface area (Å²) in [6, 6.07) is 7.77. The van der Waals surface area contributed by atoms with Gasteiger partial charge in [0.15, 0.2) is 0 Å². The zero-order valence-corrected chi connectivity index (χ0v) is 15.3. The maximum Gasteiger partial charge on any atom is 0.270 e. The van der Waals surface area contributed by atoms with Crippen LogP contribution in [0.4, 0.5) is 15.8 Å². The molecule has 1 atom stereocenters. The Kier molecular flexibility index (Phi) is 6.46. The summed E-state index contributed by atoms with van der Waals surface area (Å²) < 4.78 is 13.0. The number of nitro benzene ring substituents is 1. The van der Waals surface area contributed by atoms with Crippen LogP contribution < -0.4 is 10.6 Å². The average molecular weight is 394 g/mol. The number of nitro groups is 1. The summed E-state index contributed by atoms with van der Waals surface area (Å²) in [6.45, 7) is 3.49. The fraction of sp³-hybridized carbons (Fsp3) is 0.222. The van der Waals surface area contributed by atoms with E-state index < -0.39 is 28.6 Å². The number of benzene rings is 2. The van der Waals surface area contributed by atoms with Crippen molar-refractivity contribution in [2.24, 2.45) is 5.92 Å². The maximum atomic E-state index is 13.0. The van der Waals surface area contributed by atoms with Crippen molar-refractivity contribution in [1.82, 2.24) is 5.32 Å². The lowest BCUT2D eigenvalue weighted by Gasteiger charge is -2.22. The van der Waals surface area contributed by atoms with Gasteiger partial charge in [-0.2, -0.15) is 0 Å². The van der Waals surface area contributed by atoms with Gasteiger partial charge in [0.25, 0.3) is 11.6 Å². The highest BCUT2D eigenvalue weighted by Crippen LogP contribution is 2.23. The summed E-state index contributed by atoms with van der Waals surface area (Å²) in [6.07, 6.45) is 0. The Morgan fingerprint density at radius 2 is 1.78 bits per heavy atom. The predicted molar refractivity (Wildman–Crippen MR) is 99.2 cm³/mol. The SMILES string of the molecule is CC(C)C(NC(=O)c1ccc([N+](=O)[O-])cc1Cl)C(=O)Nc1ccc(F)cc1. The lowest BCUT2D eigenvalue weighted by Crippen LogP contribution is -2.47. The first-order chi connectivity index (χ1) is 12.7. The monoisotopic (exact) mass is 393 g/mol. The van der Waals surface area contributed by atoms with Crippen molar-refractivity contribution in [2.45, 2.75) is 19.9 Å². The van der Waals surface area contributed by atoms with Crippen LogP contribution in [-0.4, -0.2) is 22.8 Å². The maximum absolute atomic E-state index is 13.0. The molecule has 0 saturated carbocycles. The van der Waals surface area contributed by atoms with Gasteiger partial charge in [0.1, 0.15) is 11.9 Å². The van der Waals surface area contributed by atoms with Crippen LogP contribution in [-0.2, 0) is 4.79 Å². The molecule has 0 aliphatic rings. The molecule has 0 aromatic heterocycles. The van der Waals surface area contributed by atoms with Gasteiger partial charge in [0.2, 0.25) is 5.91 Å². The Balaban J connectivity index is 2.15. The molecule has 2 N–H and O–H groups in total. The Morgan fingerprint density at radius 1 is 1.15 bits per heavy atom. The number of hydrogen-bond donors (Lipinski definition) is 2. The minimum Gasteiger partial charge on any atom is -0.340 e. The molecule has 2 aromatic carbocycles. The Hall–Kier alpha value is -3.00. The number of rotatable bonds is 6. The van der Waals surface area contributed by atoms with Gasteiger partial charge in [-0.3, -0.25) is 19.7 Å². The number of carbonyl (C=O) groups is 2.